The van der Waals surface area contributed by atoms with Crippen LogP contribution in [0.2, 0.25) is 0 Å². The van der Waals surface area contributed by atoms with Crippen LogP contribution in [0.4, 0.5) is 0 Å². The minimum Gasteiger partial charge on any atom is -0.368 e. The van der Waals surface area contributed by atoms with E-state index in [2.05, 4.69) is 4.98 Å². The Morgan fingerprint density at radius 3 is 1.57 bits per heavy atom. The first-order chi connectivity index (χ1) is 2.50. The molecule has 1 heterocycles. The molecule has 0 bridgehead atoms. The van der Waals surface area contributed by atoms with E-state index in [1.165, 1.54) is 0 Å². The average Bonchev–Trinajstić information content (AvgIpc) is 1.76. The van der Waals surface area contributed by atoms with Crippen molar-refractivity contribution in [2.45, 2.75) is 0 Å². The Bertz CT molecular complexity index is 66.2. The summed E-state index contributed by atoms with van der Waals surface area (Å²) in [6, 6.07) is 3.89. The van der Waals surface area contributed by atoms with Gasteiger partial charge in [0, 0.05) is 29.5 Å². The molecule has 0 unspecified atom stereocenters. The number of aromatic nitrogens is 1. The monoisotopic (exact) mass is 147 g/mol. The topological polar surface area (TPSA) is 50.8 Å². The van der Waals surface area contributed by atoms with E-state index < -0.39 is 0 Å². The first-order valence-electron chi connectivity index (χ1n) is 1.58. The summed E-state index contributed by atoms with van der Waals surface area (Å²) in [5, 5.41) is 0. The van der Waals surface area contributed by atoms with Gasteiger partial charge in [-0.3, -0.25) is 0 Å². The first kappa shape index (κ1) is 9.90. The molecule has 0 saturated heterocycles. The third-order valence-electron chi connectivity index (χ3n) is 0.496. The van der Waals surface area contributed by atoms with Gasteiger partial charge in [-0.05, 0) is 12.1 Å². The first-order valence-corrected chi connectivity index (χ1v) is 1.58. The largest absolute Gasteiger partial charge is 0.368 e. The second-order valence-electron chi connectivity index (χ2n) is 0.885. The SMILES string of the molecule is N.[Cu].c1cc[nH]c1. The molecule has 45 valence electrons. The molecule has 0 aliphatic carbocycles. The van der Waals surface area contributed by atoms with Gasteiger partial charge in [0.2, 0.25) is 0 Å². The van der Waals surface area contributed by atoms with Crippen molar-refractivity contribution in [2.75, 3.05) is 0 Å². The molecule has 0 aliphatic heterocycles. The van der Waals surface area contributed by atoms with Gasteiger partial charge >= 0.3 is 0 Å². The van der Waals surface area contributed by atoms with Crippen molar-refractivity contribution >= 4 is 0 Å². The Hall–Kier alpha value is -0.241. The van der Waals surface area contributed by atoms with Gasteiger partial charge in [0.1, 0.15) is 0 Å². The van der Waals surface area contributed by atoms with Crippen molar-refractivity contribution < 1.29 is 17.1 Å². The molecule has 1 aromatic heterocycles. The second-order valence-corrected chi connectivity index (χ2v) is 0.885. The van der Waals surface area contributed by atoms with Gasteiger partial charge in [0.25, 0.3) is 0 Å². The van der Waals surface area contributed by atoms with Crippen LogP contribution in [-0.4, -0.2) is 4.98 Å². The third-order valence-corrected chi connectivity index (χ3v) is 0.496. The zero-order chi connectivity index (χ0) is 3.54. The molecule has 1 radical (unpaired) electrons. The molecular weight excluding hydrogens is 140 g/mol. The molecule has 7 heavy (non-hydrogen) atoms. The molecule has 0 aromatic carbocycles. The van der Waals surface area contributed by atoms with Crippen molar-refractivity contribution in [1.29, 1.82) is 0 Å². The Kier molecular flexibility index (Phi) is 8.14. The Labute approximate surface area is 53.4 Å². The van der Waals surface area contributed by atoms with Gasteiger partial charge in [-0.1, -0.05) is 0 Å². The predicted molar refractivity (Wildman–Crippen MR) is 25.8 cm³/mol. The van der Waals surface area contributed by atoms with Crippen LogP contribution in [0.25, 0.3) is 0 Å². The number of rotatable bonds is 0. The van der Waals surface area contributed by atoms with Crippen LogP contribution in [0, 0.1) is 0 Å². The molecule has 0 atom stereocenters. The van der Waals surface area contributed by atoms with E-state index in [4.69, 9.17) is 0 Å². The second kappa shape index (κ2) is 5.76. The smallest absolute Gasteiger partial charge is 0.000496 e. The zero-order valence-corrected chi connectivity index (χ0v) is 4.76. The van der Waals surface area contributed by atoms with Gasteiger partial charge in [-0.15, -0.1) is 0 Å². The van der Waals surface area contributed by atoms with E-state index in [0.717, 1.165) is 0 Å². The zero-order valence-electron chi connectivity index (χ0n) is 3.82. The summed E-state index contributed by atoms with van der Waals surface area (Å²) >= 11 is 0. The third kappa shape index (κ3) is 3.59. The van der Waals surface area contributed by atoms with E-state index in [1.807, 2.05) is 24.5 Å². The Morgan fingerprint density at radius 2 is 1.43 bits per heavy atom. The van der Waals surface area contributed by atoms with E-state index >= 15 is 0 Å². The van der Waals surface area contributed by atoms with Crippen LogP contribution >= 0.6 is 0 Å². The summed E-state index contributed by atoms with van der Waals surface area (Å²) in [5.41, 5.74) is 0. The Morgan fingerprint density at radius 1 is 1.00 bits per heavy atom. The molecule has 0 fully saturated rings. The van der Waals surface area contributed by atoms with Crippen LogP contribution in [-0.2, 0) is 17.1 Å². The molecule has 4 N–H and O–H groups in total. The van der Waals surface area contributed by atoms with Crippen LogP contribution in [0.5, 0.6) is 0 Å². The van der Waals surface area contributed by atoms with Gasteiger partial charge in [0.15, 0.2) is 0 Å². The van der Waals surface area contributed by atoms with E-state index in [1.54, 1.807) is 0 Å². The van der Waals surface area contributed by atoms with Crippen molar-refractivity contribution in [1.82, 2.24) is 11.1 Å². The van der Waals surface area contributed by atoms with Crippen LogP contribution in [0.15, 0.2) is 24.5 Å². The predicted octanol–water partition coefficient (Wildman–Crippen LogP) is 1.17. The average molecular weight is 148 g/mol. The number of hydrogen-bond donors (Lipinski definition) is 2. The van der Waals surface area contributed by atoms with Crippen molar-refractivity contribution in [3.8, 4) is 0 Å². The standard InChI is InChI=1S/C4H5N.Cu.H3N/c1-2-4-5-3-1;;/h1-5H;;1H3. The fraction of sp³-hybridized carbons (Fsp3) is 0. The molecule has 0 spiro atoms. The number of nitrogens with one attached hydrogen (secondary N) is 1. The molecular formula is C4H8CuN2. The fourth-order valence-corrected chi connectivity index (χ4v) is 0.278. The van der Waals surface area contributed by atoms with Gasteiger partial charge in [-0.2, -0.15) is 0 Å². The Balaban J connectivity index is 0. The minimum atomic E-state index is 0. The van der Waals surface area contributed by atoms with E-state index in [0.29, 0.717) is 0 Å². The minimum absolute atomic E-state index is 0. The molecule has 0 saturated carbocycles. The van der Waals surface area contributed by atoms with E-state index in [-0.39, 0.29) is 23.2 Å². The number of hydrogen-bond acceptors (Lipinski definition) is 1. The fourth-order valence-electron chi connectivity index (χ4n) is 0.278. The van der Waals surface area contributed by atoms with Gasteiger partial charge in [0.05, 0.1) is 0 Å². The molecule has 0 amide bonds. The summed E-state index contributed by atoms with van der Waals surface area (Å²) in [6.07, 6.45) is 3.75. The summed E-state index contributed by atoms with van der Waals surface area (Å²) in [5.74, 6) is 0. The number of H-pyrrole nitrogens is 1. The summed E-state index contributed by atoms with van der Waals surface area (Å²) in [4.78, 5) is 2.86. The molecule has 2 nitrogen and oxygen atoms in total. The molecule has 1 rings (SSSR count). The van der Waals surface area contributed by atoms with Crippen molar-refractivity contribution in [2.24, 2.45) is 0 Å². The number of aromatic amines is 1. The van der Waals surface area contributed by atoms with Gasteiger partial charge in [-0.25, -0.2) is 0 Å². The van der Waals surface area contributed by atoms with Gasteiger partial charge < -0.3 is 11.1 Å². The van der Waals surface area contributed by atoms with Crippen molar-refractivity contribution in [3.63, 3.8) is 0 Å². The quantitative estimate of drug-likeness (QED) is 0.532. The van der Waals surface area contributed by atoms with Crippen LogP contribution in [0.3, 0.4) is 0 Å². The van der Waals surface area contributed by atoms with E-state index in [9.17, 15) is 0 Å². The maximum atomic E-state index is 2.86. The molecule has 3 heteroatoms. The van der Waals surface area contributed by atoms with Crippen LogP contribution in [0.1, 0.15) is 0 Å². The molecule has 0 aliphatic rings. The maximum absolute atomic E-state index is 2.86. The normalized spacial score (nSPS) is 5.71. The van der Waals surface area contributed by atoms with Crippen LogP contribution < -0.4 is 6.15 Å². The summed E-state index contributed by atoms with van der Waals surface area (Å²) in [6.45, 7) is 0. The summed E-state index contributed by atoms with van der Waals surface area (Å²) in [7, 11) is 0. The maximum Gasteiger partial charge on any atom is 0.000496 e. The van der Waals surface area contributed by atoms with Crippen molar-refractivity contribution in [3.05, 3.63) is 24.5 Å². The molecule has 1 aromatic rings. The summed E-state index contributed by atoms with van der Waals surface area (Å²) < 4.78 is 0.